The van der Waals surface area contributed by atoms with Crippen LogP contribution in [-0.4, -0.2) is 8.42 Å². The van der Waals surface area contributed by atoms with Gasteiger partial charge in [-0.15, -0.1) is 0 Å². The van der Waals surface area contributed by atoms with Gasteiger partial charge in [0.1, 0.15) is 12.4 Å². The Kier molecular flexibility index (Phi) is 5.41. The van der Waals surface area contributed by atoms with E-state index >= 15 is 0 Å². The maximum atomic E-state index is 12.9. The monoisotopic (exact) mass is 407 g/mol. The molecule has 0 saturated carbocycles. The van der Waals surface area contributed by atoms with Crippen molar-refractivity contribution in [3.63, 3.8) is 0 Å². The number of sulfone groups is 1. The molecule has 26 heavy (non-hydrogen) atoms. The summed E-state index contributed by atoms with van der Waals surface area (Å²) in [5.74, 6) is 0.292. The number of nitrogen functional groups attached to an aromatic ring is 1. The third-order valence-corrected chi connectivity index (χ3v) is 6.19. The smallest absolute Gasteiger partial charge is 0.208 e. The van der Waals surface area contributed by atoms with Gasteiger partial charge in [0.15, 0.2) is 0 Å². The lowest BCUT2D eigenvalue weighted by Gasteiger charge is -2.12. The topological polar surface area (TPSA) is 69.4 Å². The van der Waals surface area contributed by atoms with Crippen LogP contribution >= 0.6 is 23.2 Å². The molecule has 0 atom stereocenters. The minimum atomic E-state index is -3.83. The Balaban J connectivity index is 1.93. The molecular formula is C19H15Cl2NO3S. The van der Waals surface area contributed by atoms with Gasteiger partial charge < -0.3 is 10.5 Å². The normalized spacial score (nSPS) is 11.3. The Morgan fingerprint density at radius 1 is 0.923 bits per heavy atom. The summed E-state index contributed by atoms with van der Waals surface area (Å²) in [6.45, 7) is 0.274. The van der Waals surface area contributed by atoms with E-state index in [1.807, 2.05) is 30.3 Å². The Labute approximate surface area is 162 Å². The maximum Gasteiger partial charge on any atom is 0.208 e. The molecule has 3 rings (SSSR count). The van der Waals surface area contributed by atoms with Crippen LogP contribution in [0.4, 0.5) is 5.69 Å². The van der Waals surface area contributed by atoms with Gasteiger partial charge in [0.2, 0.25) is 9.84 Å². The summed E-state index contributed by atoms with van der Waals surface area (Å²) in [4.78, 5) is 0.0151. The van der Waals surface area contributed by atoms with Crippen LogP contribution in [-0.2, 0) is 16.4 Å². The average Bonchev–Trinajstić information content (AvgIpc) is 2.61. The molecule has 4 nitrogen and oxygen atoms in total. The fraction of sp³-hybridized carbons (Fsp3) is 0.0526. The second kappa shape index (κ2) is 7.58. The van der Waals surface area contributed by atoms with Crippen LogP contribution in [0.2, 0.25) is 10.0 Å². The quantitative estimate of drug-likeness (QED) is 0.604. The first kappa shape index (κ1) is 18.6. The zero-order valence-corrected chi connectivity index (χ0v) is 15.9. The van der Waals surface area contributed by atoms with Crippen LogP contribution in [0.3, 0.4) is 0 Å². The molecule has 7 heteroatoms. The molecule has 0 spiro atoms. The Morgan fingerprint density at radius 2 is 1.65 bits per heavy atom. The molecule has 0 radical (unpaired) electrons. The summed E-state index contributed by atoms with van der Waals surface area (Å²) < 4.78 is 31.5. The van der Waals surface area contributed by atoms with Crippen LogP contribution in [0.15, 0.2) is 76.5 Å². The van der Waals surface area contributed by atoms with Gasteiger partial charge in [-0.2, -0.15) is 0 Å². The summed E-state index contributed by atoms with van der Waals surface area (Å²) in [7, 11) is -3.83. The third kappa shape index (κ3) is 3.96. The second-order valence-corrected chi connectivity index (χ2v) is 8.31. The molecule has 3 aromatic carbocycles. The summed E-state index contributed by atoms with van der Waals surface area (Å²) in [6.07, 6.45) is 0. The first-order chi connectivity index (χ1) is 12.4. The van der Waals surface area contributed by atoms with E-state index in [1.165, 1.54) is 36.4 Å². The average molecular weight is 408 g/mol. The molecule has 2 N–H and O–H groups in total. The molecule has 3 aromatic rings. The molecule has 0 bridgehead atoms. The van der Waals surface area contributed by atoms with Crippen molar-refractivity contribution in [3.05, 3.63) is 82.3 Å². The molecule has 0 aliphatic rings. The summed E-state index contributed by atoms with van der Waals surface area (Å²) in [5.41, 5.74) is 7.22. The zero-order chi connectivity index (χ0) is 18.7. The van der Waals surface area contributed by atoms with E-state index in [1.54, 1.807) is 0 Å². The number of hydrogen-bond acceptors (Lipinski definition) is 4. The molecule has 0 aliphatic carbocycles. The maximum absolute atomic E-state index is 12.9. The molecule has 0 fully saturated rings. The van der Waals surface area contributed by atoms with Gasteiger partial charge in [-0.25, -0.2) is 8.42 Å². The minimum Gasteiger partial charge on any atom is -0.487 e. The van der Waals surface area contributed by atoms with Gasteiger partial charge in [-0.05, 0) is 35.9 Å². The van der Waals surface area contributed by atoms with E-state index in [9.17, 15) is 8.42 Å². The van der Waals surface area contributed by atoms with Gasteiger partial charge in [0, 0.05) is 11.1 Å². The predicted octanol–water partition coefficient (Wildman–Crippen LogP) is 4.99. The van der Waals surface area contributed by atoms with E-state index in [0.717, 1.165) is 5.56 Å². The van der Waals surface area contributed by atoms with Crippen molar-refractivity contribution in [2.24, 2.45) is 0 Å². The first-order valence-electron chi connectivity index (χ1n) is 7.64. The summed E-state index contributed by atoms with van der Waals surface area (Å²) in [5, 5.41) is 0.416. The van der Waals surface area contributed by atoms with Crippen molar-refractivity contribution in [1.82, 2.24) is 0 Å². The minimum absolute atomic E-state index is 0.0256. The van der Waals surface area contributed by atoms with Gasteiger partial charge in [-0.1, -0.05) is 53.5 Å². The van der Waals surface area contributed by atoms with Crippen molar-refractivity contribution >= 4 is 38.7 Å². The fourth-order valence-corrected chi connectivity index (χ4v) is 4.40. The van der Waals surface area contributed by atoms with E-state index in [0.29, 0.717) is 16.5 Å². The van der Waals surface area contributed by atoms with Crippen LogP contribution in [0.1, 0.15) is 5.56 Å². The Hall–Kier alpha value is -2.21. The SMILES string of the molecule is Nc1ccc(S(=O)(=O)c2ccc(Cl)cc2Cl)cc1OCc1ccccc1. The van der Waals surface area contributed by atoms with Crippen LogP contribution in [0, 0.1) is 0 Å². The van der Waals surface area contributed by atoms with Gasteiger partial charge in [0.05, 0.1) is 20.5 Å². The molecule has 0 unspecified atom stereocenters. The Morgan fingerprint density at radius 3 is 2.35 bits per heavy atom. The number of hydrogen-bond donors (Lipinski definition) is 1. The van der Waals surface area contributed by atoms with Gasteiger partial charge in [0.25, 0.3) is 0 Å². The lowest BCUT2D eigenvalue weighted by Crippen LogP contribution is -2.05. The van der Waals surface area contributed by atoms with Crippen LogP contribution in [0.5, 0.6) is 5.75 Å². The molecular weight excluding hydrogens is 393 g/mol. The third-order valence-electron chi connectivity index (χ3n) is 3.72. The number of ether oxygens (including phenoxy) is 1. The summed E-state index contributed by atoms with van der Waals surface area (Å²) in [6, 6.07) is 18.1. The van der Waals surface area contributed by atoms with Crippen molar-refractivity contribution in [2.75, 3.05) is 5.73 Å². The van der Waals surface area contributed by atoms with Gasteiger partial charge in [-0.3, -0.25) is 0 Å². The van der Waals surface area contributed by atoms with Crippen molar-refractivity contribution in [2.45, 2.75) is 16.4 Å². The highest BCUT2D eigenvalue weighted by Gasteiger charge is 2.22. The zero-order valence-electron chi connectivity index (χ0n) is 13.5. The standard InChI is InChI=1S/C19H15Cl2NO3S/c20-14-6-9-19(16(21)10-14)26(23,24)15-7-8-17(22)18(11-15)25-12-13-4-2-1-3-5-13/h1-11H,12,22H2. The highest BCUT2D eigenvalue weighted by Crippen LogP contribution is 2.33. The van der Waals surface area contributed by atoms with E-state index in [-0.39, 0.29) is 21.4 Å². The largest absolute Gasteiger partial charge is 0.487 e. The number of anilines is 1. The molecule has 134 valence electrons. The first-order valence-corrected chi connectivity index (χ1v) is 9.88. The van der Waals surface area contributed by atoms with E-state index in [4.69, 9.17) is 33.7 Å². The van der Waals surface area contributed by atoms with Crippen LogP contribution < -0.4 is 10.5 Å². The van der Waals surface area contributed by atoms with Crippen molar-refractivity contribution < 1.29 is 13.2 Å². The Bertz CT molecular complexity index is 1040. The van der Waals surface area contributed by atoms with Crippen molar-refractivity contribution in [1.29, 1.82) is 0 Å². The highest BCUT2D eigenvalue weighted by molar-refractivity contribution is 7.91. The molecule has 0 saturated heterocycles. The summed E-state index contributed by atoms with van der Waals surface area (Å²) >= 11 is 11.9. The van der Waals surface area contributed by atoms with Crippen LogP contribution in [0.25, 0.3) is 0 Å². The number of benzene rings is 3. The van der Waals surface area contributed by atoms with Crippen molar-refractivity contribution in [3.8, 4) is 5.75 Å². The predicted molar refractivity (Wildman–Crippen MR) is 104 cm³/mol. The molecule has 0 amide bonds. The molecule has 0 aromatic heterocycles. The molecule has 0 heterocycles. The molecule has 0 aliphatic heterocycles. The van der Waals surface area contributed by atoms with E-state index in [2.05, 4.69) is 0 Å². The van der Waals surface area contributed by atoms with Gasteiger partial charge >= 0.3 is 0 Å². The second-order valence-electron chi connectivity index (χ2n) is 5.55. The van der Waals surface area contributed by atoms with E-state index < -0.39 is 9.84 Å². The lowest BCUT2D eigenvalue weighted by molar-refractivity contribution is 0.307. The number of nitrogens with two attached hydrogens (primary N) is 1. The highest BCUT2D eigenvalue weighted by atomic mass is 35.5. The number of rotatable bonds is 5. The fourth-order valence-electron chi connectivity index (χ4n) is 2.36. The number of halogens is 2. The lowest BCUT2D eigenvalue weighted by atomic mass is 10.2.